The number of guanidine groups is 1. The van der Waals surface area contributed by atoms with Crippen LogP contribution < -0.4 is 10.6 Å². The third-order valence-corrected chi connectivity index (χ3v) is 4.66. The Bertz CT molecular complexity index is 752. The summed E-state index contributed by atoms with van der Waals surface area (Å²) in [5, 5.41) is 12.4. The van der Waals surface area contributed by atoms with Crippen molar-refractivity contribution in [2.45, 2.75) is 33.4 Å². The van der Waals surface area contributed by atoms with Crippen molar-refractivity contribution >= 4 is 29.2 Å². The highest BCUT2D eigenvalue weighted by Crippen LogP contribution is 2.26. The van der Waals surface area contributed by atoms with Gasteiger partial charge < -0.3 is 10.6 Å². The number of aromatic nitrogens is 2. The molecule has 2 N–H and O–H groups in total. The van der Waals surface area contributed by atoms with E-state index in [-0.39, 0.29) is 6.04 Å². The molecule has 0 aliphatic carbocycles. The number of aryl methyl sites for hydroxylation is 2. The van der Waals surface area contributed by atoms with E-state index in [1.807, 2.05) is 37.7 Å². The maximum absolute atomic E-state index is 6.27. The SMILES string of the molecule is CN=C(NCc1c(C)nn(C)c1C)NC(C)c1ccc(Cl)cc1Cl. The zero-order chi connectivity index (χ0) is 17.9. The van der Waals surface area contributed by atoms with Gasteiger partial charge in [0.2, 0.25) is 0 Å². The smallest absolute Gasteiger partial charge is 0.191 e. The minimum absolute atomic E-state index is 0.00272. The molecule has 0 spiro atoms. The maximum atomic E-state index is 6.27. The van der Waals surface area contributed by atoms with Crippen molar-refractivity contribution in [3.8, 4) is 0 Å². The molecule has 0 fully saturated rings. The molecule has 1 heterocycles. The fraction of sp³-hybridized carbons (Fsp3) is 0.412. The molecular formula is C17H23Cl2N5. The second kappa shape index (κ2) is 7.90. The first-order valence-electron chi connectivity index (χ1n) is 7.74. The van der Waals surface area contributed by atoms with E-state index in [1.54, 1.807) is 13.1 Å². The van der Waals surface area contributed by atoms with Crippen molar-refractivity contribution in [2.24, 2.45) is 12.0 Å². The van der Waals surface area contributed by atoms with E-state index in [4.69, 9.17) is 23.2 Å². The molecule has 2 aromatic rings. The first-order valence-corrected chi connectivity index (χ1v) is 8.50. The zero-order valence-electron chi connectivity index (χ0n) is 14.6. The van der Waals surface area contributed by atoms with Crippen LogP contribution in [-0.4, -0.2) is 22.8 Å². The number of nitrogens with zero attached hydrogens (tertiary/aromatic N) is 3. The van der Waals surface area contributed by atoms with Crippen molar-refractivity contribution < 1.29 is 0 Å². The first-order chi connectivity index (χ1) is 11.3. The fourth-order valence-corrected chi connectivity index (χ4v) is 3.15. The standard InChI is InChI=1S/C17H23Cl2N5/c1-10(14-7-6-13(18)8-16(14)19)22-17(20-4)21-9-15-11(2)23-24(5)12(15)3/h6-8,10H,9H2,1-5H3,(H2,20,21,22). The summed E-state index contributed by atoms with van der Waals surface area (Å²) in [6.07, 6.45) is 0. The van der Waals surface area contributed by atoms with Gasteiger partial charge in [-0.15, -0.1) is 0 Å². The van der Waals surface area contributed by atoms with Crippen LogP contribution >= 0.6 is 23.2 Å². The Kier molecular flexibility index (Phi) is 6.13. The predicted molar refractivity (Wildman–Crippen MR) is 101 cm³/mol. The molecule has 0 radical (unpaired) electrons. The van der Waals surface area contributed by atoms with Crippen LogP contribution in [0.15, 0.2) is 23.2 Å². The van der Waals surface area contributed by atoms with Gasteiger partial charge in [0.15, 0.2) is 5.96 Å². The fourth-order valence-electron chi connectivity index (χ4n) is 2.58. The third kappa shape index (κ3) is 4.22. The van der Waals surface area contributed by atoms with Crippen molar-refractivity contribution in [3.05, 3.63) is 50.8 Å². The minimum Gasteiger partial charge on any atom is -0.352 e. The van der Waals surface area contributed by atoms with Gasteiger partial charge in [-0.2, -0.15) is 5.10 Å². The van der Waals surface area contributed by atoms with Crippen LogP contribution in [0, 0.1) is 13.8 Å². The Morgan fingerprint density at radius 2 is 2.04 bits per heavy atom. The summed E-state index contributed by atoms with van der Waals surface area (Å²) in [5.41, 5.74) is 4.31. The highest BCUT2D eigenvalue weighted by Gasteiger charge is 2.13. The molecule has 2 rings (SSSR count). The predicted octanol–water partition coefficient (Wildman–Crippen LogP) is 3.77. The van der Waals surface area contributed by atoms with Crippen LogP contribution in [0.5, 0.6) is 0 Å². The number of hydrogen-bond acceptors (Lipinski definition) is 2. The Balaban J connectivity index is 2.04. The second-order valence-corrected chi connectivity index (χ2v) is 6.57. The van der Waals surface area contributed by atoms with E-state index in [9.17, 15) is 0 Å². The van der Waals surface area contributed by atoms with Gasteiger partial charge in [-0.25, -0.2) is 0 Å². The Hall–Kier alpha value is -1.72. The van der Waals surface area contributed by atoms with E-state index in [0.717, 1.165) is 17.0 Å². The van der Waals surface area contributed by atoms with Gasteiger partial charge >= 0.3 is 0 Å². The van der Waals surface area contributed by atoms with E-state index in [0.29, 0.717) is 22.5 Å². The number of hydrogen-bond donors (Lipinski definition) is 2. The van der Waals surface area contributed by atoms with E-state index in [1.165, 1.54) is 5.56 Å². The summed E-state index contributed by atoms with van der Waals surface area (Å²) >= 11 is 12.2. The number of rotatable bonds is 4. The van der Waals surface area contributed by atoms with Crippen LogP contribution in [0.2, 0.25) is 10.0 Å². The number of nitrogens with one attached hydrogen (secondary N) is 2. The van der Waals surface area contributed by atoms with Crippen LogP contribution in [0.3, 0.4) is 0 Å². The molecule has 0 aliphatic rings. The Morgan fingerprint density at radius 1 is 1.33 bits per heavy atom. The van der Waals surface area contributed by atoms with Crippen LogP contribution in [-0.2, 0) is 13.6 Å². The van der Waals surface area contributed by atoms with Gasteiger partial charge in [-0.05, 0) is 38.5 Å². The molecule has 1 atom stereocenters. The quantitative estimate of drug-likeness (QED) is 0.638. The average Bonchev–Trinajstić information content (AvgIpc) is 2.76. The lowest BCUT2D eigenvalue weighted by Gasteiger charge is -2.19. The molecule has 1 aromatic heterocycles. The lowest BCUT2D eigenvalue weighted by Crippen LogP contribution is -2.38. The van der Waals surface area contributed by atoms with E-state index < -0.39 is 0 Å². The molecule has 0 amide bonds. The summed E-state index contributed by atoms with van der Waals surface area (Å²) in [6.45, 7) is 6.76. The largest absolute Gasteiger partial charge is 0.352 e. The third-order valence-electron chi connectivity index (χ3n) is 4.10. The highest BCUT2D eigenvalue weighted by atomic mass is 35.5. The Labute approximate surface area is 153 Å². The zero-order valence-corrected chi connectivity index (χ0v) is 16.1. The monoisotopic (exact) mass is 367 g/mol. The summed E-state index contributed by atoms with van der Waals surface area (Å²) in [6, 6.07) is 5.50. The molecular weight excluding hydrogens is 345 g/mol. The highest BCUT2D eigenvalue weighted by molar-refractivity contribution is 6.35. The lowest BCUT2D eigenvalue weighted by atomic mass is 10.1. The summed E-state index contributed by atoms with van der Waals surface area (Å²) in [4.78, 5) is 4.28. The van der Waals surface area contributed by atoms with Crippen molar-refractivity contribution in [3.63, 3.8) is 0 Å². The number of halogens is 2. The molecule has 0 aliphatic heterocycles. The van der Waals surface area contributed by atoms with Crippen LogP contribution in [0.4, 0.5) is 0 Å². The van der Waals surface area contributed by atoms with Crippen LogP contribution in [0.25, 0.3) is 0 Å². The number of aliphatic imine (C=N–C) groups is 1. The molecule has 0 saturated heterocycles. The van der Waals surface area contributed by atoms with Gasteiger partial charge in [0, 0.05) is 41.9 Å². The molecule has 0 saturated carbocycles. The Morgan fingerprint density at radius 3 is 2.58 bits per heavy atom. The molecule has 24 heavy (non-hydrogen) atoms. The molecule has 5 nitrogen and oxygen atoms in total. The summed E-state index contributed by atoms with van der Waals surface area (Å²) < 4.78 is 1.89. The topological polar surface area (TPSA) is 54.2 Å². The molecule has 1 unspecified atom stereocenters. The molecule has 1 aromatic carbocycles. The van der Waals surface area contributed by atoms with Gasteiger partial charge in [-0.3, -0.25) is 9.67 Å². The molecule has 7 heteroatoms. The van der Waals surface area contributed by atoms with Crippen LogP contribution in [0.1, 0.15) is 35.5 Å². The summed E-state index contributed by atoms with van der Waals surface area (Å²) in [5.74, 6) is 0.705. The first kappa shape index (κ1) is 18.6. The van der Waals surface area contributed by atoms with Crippen molar-refractivity contribution in [1.29, 1.82) is 0 Å². The van der Waals surface area contributed by atoms with Crippen molar-refractivity contribution in [2.75, 3.05) is 7.05 Å². The van der Waals surface area contributed by atoms with Gasteiger partial charge in [0.1, 0.15) is 0 Å². The summed E-state index contributed by atoms with van der Waals surface area (Å²) in [7, 11) is 3.69. The minimum atomic E-state index is -0.00272. The maximum Gasteiger partial charge on any atom is 0.191 e. The lowest BCUT2D eigenvalue weighted by molar-refractivity contribution is 0.684. The van der Waals surface area contributed by atoms with Crippen molar-refractivity contribution in [1.82, 2.24) is 20.4 Å². The second-order valence-electron chi connectivity index (χ2n) is 5.73. The van der Waals surface area contributed by atoms with E-state index in [2.05, 4.69) is 27.6 Å². The van der Waals surface area contributed by atoms with Gasteiger partial charge in [0.05, 0.1) is 11.7 Å². The molecule has 0 bridgehead atoms. The van der Waals surface area contributed by atoms with Gasteiger partial charge in [0.25, 0.3) is 0 Å². The molecule has 130 valence electrons. The normalized spacial score (nSPS) is 13.0. The average molecular weight is 368 g/mol. The number of benzene rings is 1. The van der Waals surface area contributed by atoms with Gasteiger partial charge in [-0.1, -0.05) is 29.3 Å². The van der Waals surface area contributed by atoms with E-state index >= 15 is 0 Å².